The predicted molar refractivity (Wildman–Crippen MR) is 86.2 cm³/mol. The molecule has 1 amide bonds. The zero-order valence-electron chi connectivity index (χ0n) is 13.0. The highest BCUT2D eigenvalue weighted by Gasteiger charge is 2.11. The van der Waals surface area contributed by atoms with E-state index in [9.17, 15) is 4.79 Å². The van der Waals surface area contributed by atoms with Gasteiger partial charge in [0.1, 0.15) is 0 Å². The van der Waals surface area contributed by atoms with Crippen molar-refractivity contribution < 1.29 is 4.79 Å². The van der Waals surface area contributed by atoms with Crippen LogP contribution in [0.4, 0.5) is 0 Å². The van der Waals surface area contributed by atoms with Gasteiger partial charge in [-0.25, -0.2) is 4.68 Å². The van der Waals surface area contributed by atoms with Gasteiger partial charge in [-0.1, -0.05) is 17.3 Å². The SMILES string of the molecule is Cc1cc(C)cc(-n2cc(C(=O)NCc3ccccn3)nn2)c1. The molecule has 1 aromatic carbocycles. The van der Waals surface area contributed by atoms with Crippen molar-refractivity contribution in [1.82, 2.24) is 25.3 Å². The van der Waals surface area contributed by atoms with Crippen LogP contribution in [0.5, 0.6) is 0 Å². The molecule has 3 aromatic rings. The normalized spacial score (nSPS) is 10.5. The largest absolute Gasteiger partial charge is 0.345 e. The van der Waals surface area contributed by atoms with Gasteiger partial charge >= 0.3 is 0 Å². The second kappa shape index (κ2) is 6.39. The summed E-state index contributed by atoms with van der Waals surface area (Å²) in [5.41, 5.74) is 4.23. The first-order valence-electron chi connectivity index (χ1n) is 7.31. The van der Waals surface area contributed by atoms with Crippen molar-refractivity contribution >= 4 is 5.91 Å². The molecule has 0 unspecified atom stereocenters. The third kappa shape index (κ3) is 3.60. The van der Waals surface area contributed by atoms with Crippen molar-refractivity contribution in [1.29, 1.82) is 0 Å². The fourth-order valence-electron chi connectivity index (χ4n) is 2.34. The molecule has 0 aliphatic heterocycles. The second-order valence-corrected chi connectivity index (χ2v) is 5.40. The molecule has 1 N–H and O–H groups in total. The molecule has 0 atom stereocenters. The summed E-state index contributed by atoms with van der Waals surface area (Å²) in [6, 6.07) is 11.6. The van der Waals surface area contributed by atoms with Crippen LogP contribution in [-0.2, 0) is 6.54 Å². The van der Waals surface area contributed by atoms with Gasteiger partial charge < -0.3 is 5.32 Å². The maximum Gasteiger partial charge on any atom is 0.273 e. The number of benzene rings is 1. The lowest BCUT2D eigenvalue weighted by atomic mass is 10.1. The highest BCUT2D eigenvalue weighted by Crippen LogP contribution is 2.12. The van der Waals surface area contributed by atoms with E-state index in [1.54, 1.807) is 17.1 Å². The van der Waals surface area contributed by atoms with Crippen molar-refractivity contribution in [3.05, 3.63) is 71.3 Å². The number of nitrogens with zero attached hydrogens (tertiary/aromatic N) is 4. The molecule has 0 saturated heterocycles. The quantitative estimate of drug-likeness (QED) is 0.802. The molecule has 0 aliphatic rings. The summed E-state index contributed by atoms with van der Waals surface area (Å²) < 4.78 is 1.61. The van der Waals surface area contributed by atoms with Crippen molar-refractivity contribution in [3.63, 3.8) is 0 Å². The number of rotatable bonds is 4. The van der Waals surface area contributed by atoms with Crippen LogP contribution in [0.15, 0.2) is 48.8 Å². The minimum atomic E-state index is -0.272. The molecular weight excluding hydrogens is 290 g/mol. The maximum absolute atomic E-state index is 12.1. The number of carbonyl (C=O) groups excluding carboxylic acids is 1. The van der Waals surface area contributed by atoms with Crippen molar-refractivity contribution in [2.45, 2.75) is 20.4 Å². The molecule has 3 rings (SSSR count). The lowest BCUT2D eigenvalue weighted by Gasteiger charge is -2.03. The summed E-state index contributed by atoms with van der Waals surface area (Å²) >= 11 is 0. The number of carbonyl (C=O) groups is 1. The number of amides is 1. The van der Waals surface area contributed by atoms with Crippen LogP contribution in [0.3, 0.4) is 0 Å². The van der Waals surface area contributed by atoms with E-state index in [4.69, 9.17) is 0 Å². The standard InChI is InChI=1S/C17H17N5O/c1-12-7-13(2)9-15(8-12)22-11-16(20-21-22)17(23)19-10-14-5-3-4-6-18-14/h3-9,11H,10H2,1-2H3,(H,19,23). The Kier molecular flexibility index (Phi) is 4.14. The lowest BCUT2D eigenvalue weighted by Crippen LogP contribution is -2.23. The van der Waals surface area contributed by atoms with Gasteiger partial charge in [-0.05, 0) is 49.2 Å². The molecule has 0 saturated carbocycles. The van der Waals surface area contributed by atoms with Crippen molar-refractivity contribution in [3.8, 4) is 5.69 Å². The predicted octanol–water partition coefficient (Wildman–Crippen LogP) is 2.21. The van der Waals surface area contributed by atoms with Crippen molar-refractivity contribution in [2.24, 2.45) is 0 Å². The Morgan fingerprint density at radius 2 is 1.96 bits per heavy atom. The molecule has 6 heteroatoms. The molecule has 6 nitrogen and oxygen atoms in total. The van der Waals surface area contributed by atoms with Gasteiger partial charge in [0.25, 0.3) is 5.91 Å². The lowest BCUT2D eigenvalue weighted by molar-refractivity contribution is 0.0945. The van der Waals surface area contributed by atoms with Crippen LogP contribution in [0.2, 0.25) is 0 Å². The summed E-state index contributed by atoms with van der Waals surface area (Å²) in [7, 11) is 0. The van der Waals surface area contributed by atoms with Gasteiger partial charge in [-0.15, -0.1) is 5.10 Å². The molecule has 0 spiro atoms. The number of aromatic nitrogens is 4. The monoisotopic (exact) mass is 307 g/mol. The van der Waals surface area contributed by atoms with Crippen LogP contribution >= 0.6 is 0 Å². The van der Waals surface area contributed by atoms with Crippen LogP contribution in [0.25, 0.3) is 5.69 Å². The minimum absolute atomic E-state index is 0.272. The van der Waals surface area contributed by atoms with Gasteiger partial charge in [0, 0.05) is 6.20 Å². The third-order valence-corrected chi connectivity index (χ3v) is 3.35. The van der Waals surface area contributed by atoms with Gasteiger partial charge in [-0.3, -0.25) is 9.78 Å². The van der Waals surface area contributed by atoms with E-state index in [1.165, 1.54) is 0 Å². The van der Waals surface area contributed by atoms with E-state index < -0.39 is 0 Å². The average Bonchev–Trinajstić information content (AvgIpc) is 3.03. The van der Waals surface area contributed by atoms with Gasteiger partial charge in [0.2, 0.25) is 0 Å². The molecular formula is C17H17N5O. The zero-order valence-corrected chi connectivity index (χ0v) is 13.0. The number of hydrogen-bond donors (Lipinski definition) is 1. The van der Waals surface area contributed by atoms with E-state index in [0.29, 0.717) is 6.54 Å². The maximum atomic E-state index is 12.1. The van der Waals surface area contributed by atoms with Crippen LogP contribution < -0.4 is 5.32 Å². The number of aryl methyl sites for hydroxylation is 2. The Balaban J connectivity index is 1.72. The Morgan fingerprint density at radius 1 is 1.17 bits per heavy atom. The zero-order chi connectivity index (χ0) is 16.2. The fourth-order valence-corrected chi connectivity index (χ4v) is 2.34. The molecule has 23 heavy (non-hydrogen) atoms. The molecule has 2 aromatic heterocycles. The summed E-state index contributed by atoms with van der Waals surface area (Å²) in [5.74, 6) is -0.272. The van der Waals surface area contributed by atoms with Crippen LogP contribution in [-0.4, -0.2) is 25.9 Å². The van der Waals surface area contributed by atoms with Crippen LogP contribution in [0.1, 0.15) is 27.3 Å². The fraction of sp³-hybridized carbons (Fsp3) is 0.176. The summed E-state index contributed by atoms with van der Waals surface area (Å²) in [6.07, 6.45) is 3.32. The molecule has 116 valence electrons. The molecule has 0 aliphatic carbocycles. The molecule has 0 bridgehead atoms. The first kappa shape index (κ1) is 14.9. The van der Waals surface area contributed by atoms with Gasteiger partial charge in [0.15, 0.2) is 5.69 Å². The Morgan fingerprint density at radius 3 is 2.65 bits per heavy atom. The van der Waals surface area contributed by atoms with E-state index in [2.05, 4.69) is 26.7 Å². The Bertz CT molecular complexity index is 806. The summed E-state index contributed by atoms with van der Waals surface area (Å²) in [5, 5.41) is 10.8. The Hall–Kier alpha value is -3.02. The molecule has 0 radical (unpaired) electrons. The first-order chi connectivity index (χ1) is 11.1. The Labute approximate surface area is 134 Å². The number of hydrogen-bond acceptors (Lipinski definition) is 4. The second-order valence-electron chi connectivity index (χ2n) is 5.40. The van der Waals surface area contributed by atoms with E-state index in [0.717, 1.165) is 22.5 Å². The van der Waals surface area contributed by atoms with E-state index in [-0.39, 0.29) is 11.6 Å². The minimum Gasteiger partial charge on any atom is -0.345 e. The third-order valence-electron chi connectivity index (χ3n) is 3.35. The van der Waals surface area contributed by atoms with E-state index >= 15 is 0 Å². The smallest absolute Gasteiger partial charge is 0.273 e. The van der Waals surface area contributed by atoms with Crippen LogP contribution in [0, 0.1) is 13.8 Å². The van der Waals surface area contributed by atoms with E-state index in [1.807, 2.05) is 44.2 Å². The highest BCUT2D eigenvalue weighted by atomic mass is 16.2. The summed E-state index contributed by atoms with van der Waals surface area (Å²) in [6.45, 7) is 4.40. The van der Waals surface area contributed by atoms with Gasteiger partial charge in [-0.2, -0.15) is 0 Å². The van der Waals surface area contributed by atoms with Crippen molar-refractivity contribution in [2.75, 3.05) is 0 Å². The number of pyridine rings is 1. The average molecular weight is 307 g/mol. The molecule has 2 heterocycles. The summed E-state index contributed by atoms with van der Waals surface area (Å²) in [4.78, 5) is 16.3. The first-order valence-corrected chi connectivity index (χ1v) is 7.31. The highest BCUT2D eigenvalue weighted by molar-refractivity contribution is 5.91. The topological polar surface area (TPSA) is 72.7 Å². The van der Waals surface area contributed by atoms with Gasteiger partial charge in [0.05, 0.1) is 24.1 Å². The number of nitrogens with one attached hydrogen (secondary N) is 1. The molecule has 0 fully saturated rings.